The standard InChI is InChI=1S/C8H6ClF4IN2O/c9-6-3(10)5(15)4(14)7(16-6)17-2-1-8(11,12)13/h1-2H2,(H2,15,16). The number of nitrogen functional groups attached to an aromatic ring is 1. The van der Waals surface area contributed by atoms with Gasteiger partial charge in [-0.3, -0.25) is 0 Å². The molecule has 0 atom stereocenters. The van der Waals surface area contributed by atoms with Gasteiger partial charge in [-0.15, -0.1) is 0 Å². The van der Waals surface area contributed by atoms with Gasteiger partial charge in [-0.25, -0.2) is 4.39 Å². The molecule has 1 aromatic rings. The zero-order valence-electron chi connectivity index (χ0n) is 8.11. The summed E-state index contributed by atoms with van der Waals surface area (Å²) in [6.07, 6.45) is -5.47. The maximum atomic E-state index is 13.1. The van der Waals surface area contributed by atoms with Gasteiger partial charge in [0.1, 0.15) is 3.57 Å². The Labute approximate surface area is 112 Å². The van der Waals surface area contributed by atoms with Crippen LogP contribution in [0, 0.1) is 9.39 Å². The van der Waals surface area contributed by atoms with Gasteiger partial charge >= 0.3 is 6.18 Å². The molecule has 0 radical (unpaired) electrons. The van der Waals surface area contributed by atoms with E-state index in [-0.39, 0.29) is 15.1 Å². The van der Waals surface area contributed by atoms with E-state index in [2.05, 4.69) is 4.98 Å². The first-order chi connectivity index (χ1) is 7.72. The minimum Gasteiger partial charge on any atom is -0.476 e. The third kappa shape index (κ3) is 4.02. The third-order valence-electron chi connectivity index (χ3n) is 1.67. The Bertz CT molecular complexity index is 427. The monoisotopic (exact) mass is 384 g/mol. The fourth-order valence-corrected chi connectivity index (χ4v) is 1.56. The van der Waals surface area contributed by atoms with Gasteiger partial charge in [0.15, 0.2) is 11.0 Å². The molecule has 0 fully saturated rings. The first-order valence-corrected chi connectivity index (χ1v) is 5.67. The van der Waals surface area contributed by atoms with Gasteiger partial charge in [-0.05, 0) is 22.6 Å². The molecule has 0 aromatic carbocycles. The molecule has 0 aliphatic heterocycles. The Morgan fingerprint density at radius 2 is 2.00 bits per heavy atom. The van der Waals surface area contributed by atoms with Crippen LogP contribution < -0.4 is 10.5 Å². The minimum absolute atomic E-state index is 0.0895. The van der Waals surface area contributed by atoms with Gasteiger partial charge in [0, 0.05) is 0 Å². The molecule has 96 valence electrons. The molecule has 0 unspecified atom stereocenters. The van der Waals surface area contributed by atoms with E-state index >= 15 is 0 Å². The fourth-order valence-electron chi connectivity index (χ4n) is 0.869. The molecule has 0 amide bonds. The number of alkyl halides is 3. The second kappa shape index (κ2) is 5.42. The van der Waals surface area contributed by atoms with Crippen molar-refractivity contribution in [1.29, 1.82) is 0 Å². The van der Waals surface area contributed by atoms with Gasteiger partial charge in [0.25, 0.3) is 0 Å². The van der Waals surface area contributed by atoms with E-state index in [1.54, 1.807) is 22.6 Å². The highest BCUT2D eigenvalue weighted by atomic mass is 127. The molecular formula is C8H6ClF4IN2O. The second-order valence-electron chi connectivity index (χ2n) is 2.96. The van der Waals surface area contributed by atoms with E-state index in [0.717, 1.165) is 0 Å². The number of nitrogens with two attached hydrogens (primary N) is 1. The molecule has 3 nitrogen and oxygen atoms in total. The third-order valence-corrected chi connectivity index (χ3v) is 2.96. The topological polar surface area (TPSA) is 48.1 Å². The lowest BCUT2D eigenvalue weighted by Gasteiger charge is -2.11. The van der Waals surface area contributed by atoms with Gasteiger partial charge in [0.2, 0.25) is 5.88 Å². The van der Waals surface area contributed by atoms with Gasteiger partial charge in [0.05, 0.1) is 18.7 Å². The molecule has 0 saturated carbocycles. The van der Waals surface area contributed by atoms with Crippen molar-refractivity contribution in [2.75, 3.05) is 12.3 Å². The molecular weight excluding hydrogens is 378 g/mol. The predicted molar refractivity (Wildman–Crippen MR) is 62.5 cm³/mol. The molecule has 2 N–H and O–H groups in total. The van der Waals surface area contributed by atoms with E-state index in [1.807, 2.05) is 0 Å². The SMILES string of the molecule is Nc1c(F)c(Cl)nc(OCCC(F)(F)F)c1I. The van der Waals surface area contributed by atoms with Gasteiger partial charge in [-0.1, -0.05) is 11.6 Å². The average molecular weight is 384 g/mol. The molecule has 1 aromatic heterocycles. The summed E-state index contributed by atoms with van der Waals surface area (Å²) in [6, 6.07) is 0. The summed E-state index contributed by atoms with van der Waals surface area (Å²) in [4.78, 5) is 3.47. The highest BCUT2D eigenvalue weighted by molar-refractivity contribution is 14.1. The van der Waals surface area contributed by atoms with E-state index in [9.17, 15) is 17.6 Å². The number of hydrogen-bond donors (Lipinski definition) is 1. The van der Waals surface area contributed by atoms with E-state index in [0.29, 0.717) is 0 Å². The summed E-state index contributed by atoms with van der Waals surface area (Å²) < 4.78 is 53.6. The van der Waals surface area contributed by atoms with Gasteiger partial charge < -0.3 is 10.5 Å². The van der Waals surface area contributed by atoms with E-state index in [4.69, 9.17) is 22.1 Å². The first-order valence-electron chi connectivity index (χ1n) is 4.22. The molecule has 9 heteroatoms. The second-order valence-corrected chi connectivity index (χ2v) is 4.40. The van der Waals surface area contributed by atoms with Crippen LogP contribution in [-0.2, 0) is 0 Å². The van der Waals surface area contributed by atoms with Crippen LogP contribution in [0.1, 0.15) is 6.42 Å². The van der Waals surface area contributed by atoms with Crippen LogP contribution in [-0.4, -0.2) is 17.8 Å². The minimum atomic E-state index is -4.33. The largest absolute Gasteiger partial charge is 0.476 e. The van der Waals surface area contributed by atoms with E-state index in [1.165, 1.54) is 0 Å². The van der Waals surface area contributed by atoms with Crippen molar-refractivity contribution in [3.8, 4) is 5.88 Å². The molecule has 0 saturated heterocycles. The molecule has 0 aliphatic carbocycles. The Morgan fingerprint density at radius 1 is 1.41 bits per heavy atom. The number of anilines is 1. The number of nitrogens with zero attached hydrogens (tertiary/aromatic N) is 1. The lowest BCUT2D eigenvalue weighted by molar-refractivity contribution is -0.139. The molecule has 1 rings (SSSR count). The molecule has 0 bridgehead atoms. The zero-order chi connectivity index (χ0) is 13.2. The summed E-state index contributed by atoms with van der Waals surface area (Å²) in [5.74, 6) is -1.13. The van der Waals surface area contributed by atoms with Crippen LogP contribution in [0.2, 0.25) is 5.15 Å². The average Bonchev–Trinajstić information content (AvgIpc) is 2.21. The fraction of sp³-hybridized carbons (Fsp3) is 0.375. The van der Waals surface area contributed by atoms with Gasteiger partial charge in [-0.2, -0.15) is 18.2 Å². The zero-order valence-corrected chi connectivity index (χ0v) is 11.0. The molecule has 0 spiro atoms. The van der Waals surface area contributed by atoms with E-state index < -0.39 is 30.2 Å². The molecule has 0 aliphatic rings. The number of aromatic nitrogens is 1. The maximum absolute atomic E-state index is 13.1. The van der Waals surface area contributed by atoms with Crippen LogP contribution in [0.4, 0.5) is 23.2 Å². The normalized spacial score (nSPS) is 11.6. The summed E-state index contributed by atoms with van der Waals surface area (Å²) in [6.45, 7) is -0.631. The molecule has 1 heterocycles. The smallest absolute Gasteiger partial charge is 0.392 e. The van der Waals surface area contributed by atoms with Crippen molar-refractivity contribution in [3.63, 3.8) is 0 Å². The number of ether oxygens (including phenoxy) is 1. The number of halogens is 6. The number of rotatable bonds is 3. The van der Waals surface area contributed by atoms with Crippen molar-refractivity contribution in [3.05, 3.63) is 14.5 Å². The Hall–Kier alpha value is -0.510. The summed E-state index contributed by atoms with van der Waals surface area (Å²) in [5.41, 5.74) is 5.03. The lowest BCUT2D eigenvalue weighted by atomic mass is 10.4. The van der Waals surface area contributed by atoms with Crippen molar-refractivity contribution in [2.24, 2.45) is 0 Å². The predicted octanol–water partition coefficient (Wildman–Crippen LogP) is 3.39. The van der Waals surface area contributed by atoms with Crippen molar-refractivity contribution in [2.45, 2.75) is 12.6 Å². The van der Waals surface area contributed by atoms with Crippen molar-refractivity contribution in [1.82, 2.24) is 4.98 Å². The maximum Gasteiger partial charge on any atom is 0.392 e. The Kier molecular flexibility index (Phi) is 4.64. The van der Waals surface area contributed by atoms with Crippen LogP contribution in [0.15, 0.2) is 0 Å². The van der Waals surface area contributed by atoms with Crippen molar-refractivity contribution < 1.29 is 22.3 Å². The Balaban J connectivity index is 2.79. The first kappa shape index (κ1) is 14.6. The van der Waals surface area contributed by atoms with Crippen LogP contribution in [0.3, 0.4) is 0 Å². The Morgan fingerprint density at radius 3 is 2.53 bits per heavy atom. The lowest BCUT2D eigenvalue weighted by Crippen LogP contribution is -2.14. The molecule has 17 heavy (non-hydrogen) atoms. The van der Waals surface area contributed by atoms with Crippen LogP contribution >= 0.6 is 34.2 Å². The number of pyridine rings is 1. The van der Waals surface area contributed by atoms with Crippen molar-refractivity contribution >= 4 is 39.9 Å². The van der Waals surface area contributed by atoms with Crippen LogP contribution in [0.5, 0.6) is 5.88 Å². The summed E-state index contributed by atoms with van der Waals surface area (Å²) in [5, 5.41) is -0.537. The highest BCUT2D eigenvalue weighted by Gasteiger charge is 2.27. The quantitative estimate of drug-likeness (QED) is 0.494. The number of hydrogen-bond acceptors (Lipinski definition) is 3. The summed E-state index contributed by atoms with van der Waals surface area (Å²) >= 11 is 7.00. The highest BCUT2D eigenvalue weighted by Crippen LogP contribution is 2.31. The summed E-state index contributed by atoms with van der Waals surface area (Å²) in [7, 11) is 0. The van der Waals surface area contributed by atoms with Crippen LogP contribution in [0.25, 0.3) is 0 Å².